The number of nitrogens with zero attached hydrogens (tertiary/aromatic N) is 2. The summed E-state index contributed by atoms with van der Waals surface area (Å²) >= 11 is 1.51. The summed E-state index contributed by atoms with van der Waals surface area (Å²) in [5, 5.41) is 2.72. The lowest BCUT2D eigenvalue weighted by Gasteiger charge is -2.14. The number of carbonyl (C=O) groups is 2. The highest BCUT2D eigenvalue weighted by Gasteiger charge is 2.52. The first-order valence-electron chi connectivity index (χ1n) is 8.88. The number of hydrogen-bond donors (Lipinski definition) is 0. The summed E-state index contributed by atoms with van der Waals surface area (Å²) in [6.45, 7) is 3.58. The fourth-order valence-corrected chi connectivity index (χ4v) is 4.26. The van der Waals surface area contributed by atoms with Gasteiger partial charge in [0.15, 0.2) is 11.7 Å². The van der Waals surface area contributed by atoms with Gasteiger partial charge in [0.05, 0.1) is 5.41 Å². The van der Waals surface area contributed by atoms with Crippen LogP contribution in [0.2, 0.25) is 0 Å². The molecule has 2 aromatic heterocycles. The van der Waals surface area contributed by atoms with E-state index < -0.39 is 5.41 Å². The molecular formula is C21H20N2O3S. The van der Waals surface area contributed by atoms with E-state index in [2.05, 4.69) is 4.98 Å². The van der Waals surface area contributed by atoms with E-state index in [0.29, 0.717) is 5.56 Å². The SMILES string of the molecule is Cc1cc(C(=O)COC(=O)C2(c3ccccc3)CC2)c(C)n1-c1nccs1. The Morgan fingerprint density at radius 3 is 2.59 bits per heavy atom. The molecule has 5 nitrogen and oxygen atoms in total. The highest BCUT2D eigenvalue weighted by Crippen LogP contribution is 2.49. The molecule has 1 aromatic carbocycles. The summed E-state index contributed by atoms with van der Waals surface area (Å²) in [5.74, 6) is -0.501. The Bertz CT molecular complexity index is 986. The van der Waals surface area contributed by atoms with Crippen LogP contribution in [-0.2, 0) is 14.9 Å². The van der Waals surface area contributed by atoms with Gasteiger partial charge in [-0.3, -0.25) is 14.2 Å². The maximum absolute atomic E-state index is 12.7. The molecule has 1 aliphatic carbocycles. The molecule has 0 N–H and O–H groups in total. The van der Waals surface area contributed by atoms with E-state index in [-0.39, 0.29) is 18.4 Å². The number of aryl methyl sites for hydroxylation is 1. The zero-order chi connectivity index (χ0) is 19.0. The van der Waals surface area contributed by atoms with Crippen LogP contribution in [0.1, 0.15) is 40.2 Å². The Morgan fingerprint density at radius 1 is 1.22 bits per heavy atom. The van der Waals surface area contributed by atoms with Crippen molar-refractivity contribution in [3.63, 3.8) is 0 Å². The zero-order valence-corrected chi connectivity index (χ0v) is 16.1. The van der Waals surface area contributed by atoms with Crippen molar-refractivity contribution < 1.29 is 14.3 Å². The number of ether oxygens (including phenoxy) is 1. The Hall–Kier alpha value is -2.73. The molecule has 1 aliphatic rings. The molecule has 0 amide bonds. The van der Waals surface area contributed by atoms with Crippen molar-refractivity contribution in [2.24, 2.45) is 0 Å². The van der Waals surface area contributed by atoms with Gasteiger partial charge in [0, 0.05) is 28.5 Å². The first-order chi connectivity index (χ1) is 13.0. The molecule has 4 rings (SSSR count). The molecule has 0 bridgehead atoms. The number of rotatable bonds is 6. The Labute approximate surface area is 161 Å². The lowest BCUT2D eigenvalue weighted by Crippen LogP contribution is -2.26. The summed E-state index contributed by atoms with van der Waals surface area (Å²) in [7, 11) is 0. The molecule has 3 aromatic rings. The molecule has 0 radical (unpaired) electrons. The highest BCUT2D eigenvalue weighted by atomic mass is 32.1. The van der Waals surface area contributed by atoms with Crippen molar-refractivity contribution in [1.29, 1.82) is 0 Å². The molecular weight excluding hydrogens is 360 g/mol. The van der Waals surface area contributed by atoms with Gasteiger partial charge in [0.1, 0.15) is 0 Å². The molecule has 0 spiro atoms. The van der Waals surface area contributed by atoms with Crippen LogP contribution in [0.4, 0.5) is 0 Å². The number of carbonyl (C=O) groups excluding carboxylic acids is 2. The Kier molecular flexibility index (Phi) is 4.44. The molecule has 6 heteroatoms. The number of benzene rings is 1. The highest BCUT2D eigenvalue weighted by molar-refractivity contribution is 7.12. The van der Waals surface area contributed by atoms with Gasteiger partial charge in [-0.15, -0.1) is 11.3 Å². The first-order valence-corrected chi connectivity index (χ1v) is 9.76. The van der Waals surface area contributed by atoms with E-state index in [9.17, 15) is 9.59 Å². The van der Waals surface area contributed by atoms with Crippen LogP contribution in [0.3, 0.4) is 0 Å². The zero-order valence-electron chi connectivity index (χ0n) is 15.3. The van der Waals surface area contributed by atoms with Gasteiger partial charge < -0.3 is 4.74 Å². The van der Waals surface area contributed by atoms with Crippen LogP contribution < -0.4 is 0 Å². The normalized spacial score (nSPS) is 14.7. The quantitative estimate of drug-likeness (QED) is 0.479. The minimum atomic E-state index is -0.570. The van der Waals surface area contributed by atoms with E-state index >= 15 is 0 Å². The van der Waals surface area contributed by atoms with Crippen molar-refractivity contribution in [2.75, 3.05) is 6.61 Å². The van der Waals surface area contributed by atoms with Gasteiger partial charge in [0.2, 0.25) is 5.78 Å². The van der Waals surface area contributed by atoms with E-state index in [1.54, 1.807) is 6.20 Å². The molecule has 0 atom stereocenters. The minimum Gasteiger partial charge on any atom is -0.457 e. The average Bonchev–Trinajstić information content (AvgIpc) is 3.22. The van der Waals surface area contributed by atoms with Gasteiger partial charge in [-0.1, -0.05) is 30.3 Å². The van der Waals surface area contributed by atoms with Crippen molar-refractivity contribution in [3.05, 3.63) is 70.5 Å². The standard InChI is InChI=1S/C21H20N2O3S/c1-14-12-17(15(2)23(14)20-22-10-11-27-20)18(24)13-26-19(25)21(8-9-21)16-6-4-3-5-7-16/h3-7,10-12H,8-9,13H2,1-2H3. The van der Waals surface area contributed by atoms with E-state index in [1.807, 2.05) is 60.2 Å². The third-order valence-electron chi connectivity index (χ3n) is 5.14. The molecule has 1 saturated carbocycles. The first kappa shape index (κ1) is 17.7. The van der Waals surface area contributed by atoms with Gasteiger partial charge >= 0.3 is 5.97 Å². The molecule has 138 valence electrons. The monoisotopic (exact) mass is 380 g/mol. The third-order valence-corrected chi connectivity index (χ3v) is 5.90. The third kappa shape index (κ3) is 3.10. The summed E-state index contributed by atoms with van der Waals surface area (Å²) in [4.78, 5) is 29.6. The van der Waals surface area contributed by atoms with Crippen LogP contribution in [0, 0.1) is 13.8 Å². The number of ketones is 1. The Morgan fingerprint density at radius 2 is 1.96 bits per heavy atom. The fraction of sp³-hybridized carbons (Fsp3) is 0.286. The van der Waals surface area contributed by atoms with Crippen LogP contribution >= 0.6 is 11.3 Å². The second-order valence-corrected chi connectivity index (χ2v) is 7.76. The molecule has 2 heterocycles. The second-order valence-electron chi connectivity index (χ2n) is 6.88. The fourth-order valence-electron chi connectivity index (χ4n) is 3.51. The predicted octanol–water partition coefficient (Wildman–Crippen LogP) is 4.01. The number of Topliss-reactive ketones (excluding diaryl/α,β-unsaturated/α-hetero) is 1. The molecule has 27 heavy (non-hydrogen) atoms. The van der Waals surface area contributed by atoms with Crippen molar-refractivity contribution >= 4 is 23.1 Å². The topological polar surface area (TPSA) is 61.2 Å². The summed E-state index contributed by atoms with van der Waals surface area (Å²) < 4.78 is 7.37. The lowest BCUT2D eigenvalue weighted by molar-refractivity contribution is -0.145. The number of aromatic nitrogens is 2. The van der Waals surface area contributed by atoms with E-state index in [0.717, 1.165) is 34.9 Å². The maximum Gasteiger partial charge on any atom is 0.317 e. The van der Waals surface area contributed by atoms with Gasteiger partial charge in [-0.2, -0.15) is 0 Å². The van der Waals surface area contributed by atoms with E-state index in [1.165, 1.54) is 11.3 Å². The van der Waals surface area contributed by atoms with Crippen LogP contribution in [0.15, 0.2) is 48.0 Å². The minimum absolute atomic E-state index is 0.192. The number of hydrogen-bond acceptors (Lipinski definition) is 5. The second kappa shape index (κ2) is 6.78. The van der Waals surface area contributed by atoms with Gasteiger partial charge in [0.25, 0.3) is 0 Å². The largest absolute Gasteiger partial charge is 0.457 e. The summed E-state index contributed by atoms with van der Waals surface area (Å²) in [6, 6.07) is 11.5. The molecule has 1 fully saturated rings. The Balaban J connectivity index is 1.48. The molecule has 0 unspecified atom stereocenters. The number of thiazole rings is 1. The lowest BCUT2D eigenvalue weighted by atomic mass is 9.96. The summed E-state index contributed by atoms with van der Waals surface area (Å²) in [6.07, 6.45) is 3.27. The number of esters is 1. The average molecular weight is 380 g/mol. The van der Waals surface area contributed by atoms with E-state index in [4.69, 9.17) is 4.74 Å². The smallest absolute Gasteiger partial charge is 0.317 e. The van der Waals surface area contributed by atoms with Crippen LogP contribution in [0.5, 0.6) is 0 Å². The van der Waals surface area contributed by atoms with Gasteiger partial charge in [-0.05, 0) is 38.3 Å². The van der Waals surface area contributed by atoms with Crippen LogP contribution in [-0.4, -0.2) is 27.9 Å². The summed E-state index contributed by atoms with van der Waals surface area (Å²) in [5.41, 5.74) is 2.71. The van der Waals surface area contributed by atoms with Crippen molar-refractivity contribution in [1.82, 2.24) is 9.55 Å². The molecule has 0 aliphatic heterocycles. The maximum atomic E-state index is 12.7. The predicted molar refractivity (Wildman–Crippen MR) is 104 cm³/mol. The van der Waals surface area contributed by atoms with Crippen LogP contribution in [0.25, 0.3) is 5.13 Å². The van der Waals surface area contributed by atoms with Gasteiger partial charge in [-0.25, -0.2) is 4.98 Å². The molecule has 0 saturated heterocycles. The van der Waals surface area contributed by atoms with Crippen molar-refractivity contribution in [3.8, 4) is 5.13 Å². The van der Waals surface area contributed by atoms with Crippen molar-refractivity contribution in [2.45, 2.75) is 32.1 Å².